The molecule has 0 radical (unpaired) electrons. The number of rotatable bonds is 2. The second kappa shape index (κ2) is 5.89. The summed E-state index contributed by atoms with van der Waals surface area (Å²) in [6.07, 6.45) is 7.41. The van der Waals surface area contributed by atoms with Crippen molar-refractivity contribution in [3.05, 3.63) is 53.1 Å². The minimum atomic E-state index is -0.502. The Morgan fingerprint density at radius 1 is 0.862 bits per heavy atom. The van der Waals surface area contributed by atoms with Crippen LogP contribution in [0.1, 0.15) is 50.4 Å². The van der Waals surface area contributed by atoms with E-state index in [9.17, 15) is 9.59 Å². The average Bonchev–Trinajstić information content (AvgIpc) is 3.32. The van der Waals surface area contributed by atoms with Crippen molar-refractivity contribution in [3.8, 4) is 5.75 Å². The minimum absolute atomic E-state index is 0.218. The van der Waals surface area contributed by atoms with E-state index in [1.165, 1.54) is 11.1 Å². The van der Waals surface area contributed by atoms with Gasteiger partial charge in [-0.05, 0) is 49.0 Å². The fourth-order valence-corrected chi connectivity index (χ4v) is 6.33. The zero-order valence-corrected chi connectivity index (χ0v) is 16.5. The lowest BCUT2D eigenvalue weighted by atomic mass is 9.57. The number of methoxy groups -OCH3 is 1. The Balaban J connectivity index is 1.41. The zero-order valence-electron chi connectivity index (χ0n) is 16.5. The maximum atomic E-state index is 12.1. The van der Waals surface area contributed by atoms with Crippen LogP contribution in [0.2, 0.25) is 0 Å². The predicted molar refractivity (Wildman–Crippen MR) is 104 cm³/mol. The highest BCUT2D eigenvalue weighted by molar-refractivity contribution is 5.94. The smallest absolute Gasteiger partial charge is 0.185 e. The second-order valence-electron chi connectivity index (χ2n) is 9.26. The fraction of sp³-hybridized carbons (Fsp3) is 0.500. The van der Waals surface area contributed by atoms with Gasteiger partial charge in [0.1, 0.15) is 17.0 Å². The van der Waals surface area contributed by atoms with E-state index < -0.39 is 17.5 Å². The summed E-state index contributed by atoms with van der Waals surface area (Å²) in [7, 11) is 1.65. The SMILES string of the molecule is COc1ccc(C2OC34CC5=CC(=O)C[C@@H]5CC3(C[C@H]3CC(=O)C=C3C4)O2)cc1. The Hall–Kier alpha value is -2.24. The molecule has 1 heterocycles. The summed E-state index contributed by atoms with van der Waals surface area (Å²) in [5, 5.41) is 0. The number of hydrogen-bond donors (Lipinski definition) is 0. The summed E-state index contributed by atoms with van der Waals surface area (Å²) < 4.78 is 18.8. The number of carbonyl (C=O) groups excluding carboxylic acids is 2. The molecule has 0 amide bonds. The lowest BCUT2D eigenvalue weighted by Gasteiger charge is -2.53. The Labute approximate surface area is 169 Å². The minimum Gasteiger partial charge on any atom is -0.497 e. The van der Waals surface area contributed by atoms with E-state index in [1.54, 1.807) is 7.11 Å². The summed E-state index contributed by atoms with van der Waals surface area (Å²) >= 11 is 0. The average molecular weight is 392 g/mol. The zero-order chi connectivity index (χ0) is 19.8. The summed E-state index contributed by atoms with van der Waals surface area (Å²) in [5.41, 5.74) is 2.43. The van der Waals surface area contributed by atoms with Crippen LogP contribution < -0.4 is 4.74 Å². The van der Waals surface area contributed by atoms with Crippen LogP contribution in [-0.2, 0) is 19.1 Å². The van der Waals surface area contributed by atoms with Gasteiger partial charge in [-0.3, -0.25) is 9.59 Å². The van der Waals surface area contributed by atoms with Gasteiger partial charge in [-0.15, -0.1) is 0 Å². The predicted octanol–water partition coefficient (Wildman–Crippen LogP) is 3.84. The number of ether oxygens (including phenoxy) is 3. The Kier molecular flexibility index (Phi) is 3.58. The Bertz CT molecular complexity index is 925. The van der Waals surface area contributed by atoms with Gasteiger partial charge in [-0.25, -0.2) is 0 Å². The van der Waals surface area contributed by atoms with Crippen LogP contribution in [0.3, 0.4) is 0 Å². The fourth-order valence-electron chi connectivity index (χ4n) is 6.33. The molecule has 0 bridgehead atoms. The van der Waals surface area contributed by atoms with E-state index in [1.807, 2.05) is 36.4 Å². The first-order chi connectivity index (χ1) is 14.0. The number of fused-ring (bicyclic) bond motifs is 2. The van der Waals surface area contributed by atoms with E-state index >= 15 is 0 Å². The number of hydrogen-bond acceptors (Lipinski definition) is 5. The summed E-state index contributed by atoms with van der Waals surface area (Å²) in [5.74, 6) is 1.73. The molecule has 1 saturated heterocycles. The van der Waals surface area contributed by atoms with Crippen molar-refractivity contribution in [3.63, 3.8) is 0 Å². The molecule has 1 aromatic rings. The molecule has 0 N–H and O–H groups in total. The number of allylic oxidation sites excluding steroid dienone is 2. The first kappa shape index (κ1) is 17.6. The van der Waals surface area contributed by atoms with Gasteiger partial charge in [0.2, 0.25) is 0 Å². The van der Waals surface area contributed by atoms with Crippen molar-refractivity contribution in [2.24, 2.45) is 11.8 Å². The van der Waals surface area contributed by atoms with Gasteiger partial charge in [0, 0.05) is 31.2 Å². The van der Waals surface area contributed by atoms with Crippen LogP contribution in [0.4, 0.5) is 0 Å². The van der Waals surface area contributed by atoms with Gasteiger partial charge < -0.3 is 14.2 Å². The lowest BCUT2D eigenvalue weighted by Crippen LogP contribution is -2.59. The third-order valence-corrected chi connectivity index (χ3v) is 7.65. The van der Waals surface area contributed by atoms with Crippen molar-refractivity contribution in [2.75, 3.05) is 7.11 Å². The highest BCUT2D eigenvalue weighted by Crippen LogP contribution is 2.65. The van der Waals surface area contributed by atoms with Crippen LogP contribution in [0.5, 0.6) is 5.75 Å². The normalized spacial score (nSPS) is 40.0. The quantitative estimate of drug-likeness (QED) is 0.765. The Morgan fingerprint density at radius 3 is 1.97 bits per heavy atom. The molecule has 2 saturated carbocycles. The topological polar surface area (TPSA) is 61.8 Å². The molecule has 0 aromatic heterocycles. The monoisotopic (exact) mass is 392 g/mol. The van der Waals surface area contributed by atoms with Crippen molar-refractivity contribution in [1.29, 1.82) is 0 Å². The van der Waals surface area contributed by atoms with Crippen LogP contribution >= 0.6 is 0 Å². The summed E-state index contributed by atoms with van der Waals surface area (Å²) in [6.45, 7) is 0. The molecule has 1 unspecified atom stereocenters. The van der Waals surface area contributed by atoms with Crippen molar-refractivity contribution in [2.45, 2.75) is 56.0 Å². The molecule has 3 atom stereocenters. The molecule has 4 aliphatic carbocycles. The second-order valence-corrected chi connectivity index (χ2v) is 9.26. The van der Waals surface area contributed by atoms with Crippen LogP contribution in [0.15, 0.2) is 47.6 Å². The van der Waals surface area contributed by atoms with Crippen LogP contribution in [0, 0.1) is 11.8 Å². The molecule has 1 aliphatic heterocycles. The highest BCUT2D eigenvalue weighted by atomic mass is 16.7. The van der Waals surface area contributed by atoms with Crippen molar-refractivity contribution < 1.29 is 23.8 Å². The largest absolute Gasteiger partial charge is 0.497 e. The molecule has 29 heavy (non-hydrogen) atoms. The molecule has 150 valence electrons. The van der Waals surface area contributed by atoms with Gasteiger partial charge in [0.15, 0.2) is 17.9 Å². The van der Waals surface area contributed by atoms with Gasteiger partial charge >= 0.3 is 0 Å². The van der Waals surface area contributed by atoms with Crippen LogP contribution in [-0.4, -0.2) is 29.9 Å². The summed E-state index contributed by atoms with van der Waals surface area (Å²) in [6, 6.07) is 7.84. The Morgan fingerprint density at radius 2 is 1.41 bits per heavy atom. The van der Waals surface area contributed by atoms with Crippen molar-refractivity contribution >= 4 is 11.6 Å². The lowest BCUT2D eigenvalue weighted by molar-refractivity contribution is -0.120. The standard InChI is InChI=1S/C24H24O5/c1-27-21-4-2-14(3-5-21)22-28-23-10-15-6-19(25)7-16(15)11-24(23,29-22)13-18-9-20(26)8-17(18)12-23/h2-6,8,16,18,22H,7,9-13H2,1H3/t16-,18-,22?,23?,24?/m1/s1. The third kappa shape index (κ3) is 2.47. The van der Waals surface area contributed by atoms with E-state index in [-0.39, 0.29) is 23.4 Å². The molecule has 5 heteroatoms. The molecule has 0 spiro atoms. The first-order valence-electron chi connectivity index (χ1n) is 10.5. The van der Waals surface area contributed by atoms with Gasteiger partial charge in [-0.1, -0.05) is 23.3 Å². The molecule has 1 aromatic carbocycles. The molecule has 5 aliphatic rings. The van der Waals surface area contributed by atoms with E-state index in [0.717, 1.165) is 24.2 Å². The number of benzene rings is 1. The molecule has 5 nitrogen and oxygen atoms in total. The van der Waals surface area contributed by atoms with Gasteiger partial charge in [-0.2, -0.15) is 0 Å². The van der Waals surface area contributed by atoms with E-state index in [4.69, 9.17) is 14.2 Å². The molecular formula is C24H24O5. The molecular weight excluding hydrogens is 368 g/mol. The number of ketones is 2. The van der Waals surface area contributed by atoms with E-state index in [2.05, 4.69) is 0 Å². The van der Waals surface area contributed by atoms with Gasteiger partial charge in [0.05, 0.1) is 7.11 Å². The van der Waals surface area contributed by atoms with Crippen LogP contribution in [0.25, 0.3) is 0 Å². The highest BCUT2D eigenvalue weighted by Gasteiger charge is 2.68. The van der Waals surface area contributed by atoms with Gasteiger partial charge in [0.25, 0.3) is 0 Å². The van der Waals surface area contributed by atoms with Crippen molar-refractivity contribution in [1.82, 2.24) is 0 Å². The maximum absolute atomic E-state index is 12.1. The maximum Gasteiger partial charge on any atom is 0.185 e. The first-order valence-corrected chi connectivity index (χ1v) is 10.5. The summed E-state index contributed by atoms with van der Waals surface area (Å²) in [4.78, 5) is 24.2. The number of carbonyl (C=O) groups is 2. The molecule has 3 fully saturated rings. The molecule has 6 rings (SSSR count). The third-order valence-electron chi connectivity index (χ3n) is 7.65. The van der Waals surface area contributed by atoms with E-state index in [0.29, 0.717) is 25.7 Å².